The van der Waals surface area contributed by atoms with Gasteiger partial charge in [-0.3, -0.25) is 0 Å². The van der Waals surface area contributed by atoms with Crippen LogP contribution in [0.3, 0.4) is 0 Å². The second kappa shape index (κ2) is 9.56. The van der Waals surface area contributed by atoms with E-state index in [2.05, 4.69) is 4.72 Å². The Morgan fingerprint density at radius 1 is 0.645 bits per heavy atom. The summed E-state index contributed by atoms with van der Waals surface area (Å²) >= 11 is 0. The molecule has 0 aromatic heterocycles. The molecule has 0 heterocycles. The van der Waals surface area contributed by atoms with E-state index < -0.39 is 16.1 Å². The van der Waals surface area contributed by atoms with Crippen LogP contribution in [-0.2, 0) is 10.0 Å². The number of hydrogen-bond donors (Lipinski definition) is 1. The van der Waals surface area contributed by atoms with Gasteiger partial charge in [-0.05, 0) is 40.5 Å². The molecule has 0 fully saturated rings. The van der Waals surface area contributed by atoms with Gasteiger partial charge in [-0.1, -0.05) is 109 Å². The number of nitrogens with one attached hydrogen (secondary N) is 1. The molecular formula is C27H23NO2S. The maximum Gasteiger partial charge on any atom is 0.241 e. The minimum atomic E-state index is -3.74. The van der Waals surface area contributed by atoms with Gasteiger partial charge in [-0.15, -0.1) is 0 Å². The van der Waals surface area contributed by atoms with Gasteiger partial charge in [0.25, 0.3) is 0 Å². The SMILES string of the molecule is O=S(=O)(NC(/C(=C/c1ccccc1)c1ccccc1)c1ccccc1)c1ccccc1. The van der Waals surface area contributed by atoms with Gasteiger partial charge >= 0.3 is 0 Å². The summed E-state index contributed by atoms with van der Waals surface area (Å²) in [5.41, 5.74) is 3.70. The predicted octanol–water partition coefficient (Wildman–Crippen LogP) is 5.95. The van der Waals surface area contributed by atoms with Crippen LogP contribution < -0.4 is 4.72 Å². The molecule has 4 heteroatoms. The number of benzene rings is 4. The zero-order chi connectivity index (χ0) is 21.5. The second-order valence-electron chi connectivity index (χ2n) is 7.15. The minimum absolute atomic E-state index is 0.239. The monoisotopic (exact) mass is 425 g/mol. The van der Waals surface area contributed by atoms with Gasteiger partial charge in [-0.25, -0.2) is 8.42 Å². The summed E-state index contributed by atoms with van der Waals surface area (Å²) in [6.45, 7) is 0. The van der Waals surface area contributed by atoms with Crippen LogP contribution in [0.25, 0.3) is 11.6 Å². The standard InChI is InChI=1S/C27H23NO2S/c29-31(30,25-19-11-4-12-20-25)28-27(24-17-9-3-10-18-24)26(23-15-7-2-8-16-23)21-22-13-5-1-6-14-22/h1-21,27-28H/b26-21+. The summed E-state index contributed by atoms with van der Waals surface area (Å²) in [6, 6.07) is 37.4. The average Bonchev–Trinajstić information content (AvgIpc) is 2.84. The normalized spacial score (nSPS) is 13.0. The molecule has 0 radical (unpaired) electrons. The molecule has 0 aliphatic rings. The van der Waals surface area contributed by atoms with Gasteiger partial charge < -0.3 is 0 Å². The fourth-order valence-electron chi connectivity index (χ4n) is 3.47. The highest BCUT2D eigenvalue weighted by Crippen LogP contribution is 2.33. The van der Waals surface area contributed by atoms with E-state index in [4.69, 9.17) is 0 Å². The molecule has 0 aliphatic carbocycles. The quantitative estimate of drug-likeness (QED) is 0.372. The zero-order valence-corrected chi connectivity index (χ0v) is 17.7. The molecule has 4 aromatic rings. The van der Waals surface area contributed by atoms with Crippen molar-refractivity contribution in [1.29, 1.82) is 0 Å². The van der Waals surface area contributed by atoms with Gasteiger partial charge in [0, 0.05) is 0 Å². The third-order valence-corrected chi connectivity index (χ3v) is 6.44. The highest BCUT2D eigenvalue weighted by atomic mass is 32.2. The summed E-state index contributed by atoms with van der Waals surface area (Å²) in [4.78, 5) is 0.239. The first kappa shape index (κ1) is 20.8. The van der Waals surface area contributed by atoms with E-state index in [0.717, 1.165) is 22.3 Å². The molecule has 0 amide bonds. The van der Waals surface area contributed by atoms with Crippen LogP contribution in [0.15, 0.2) is 126 Å². The van der Waals surface area contributed by atoms with Gasteiger partial charge in [0.2, 0.25) is 10.0 Å². The first-order valence-electron chi connectivity index (χ1n) is 10.1. The lowest BCUT2D eigenvalue weighted by Crippen LogP contribution is -2.29. The number of sulfonamides is 1. The molecule has 0 bridgehead atoms. The summed E-state index contributed by atoms with van der Waals surface area (Å²) in [6.07, 6.45) is 2.04. The Bertz CT molecular complexity index is 1240. The van der Waals surface area contributed by atoms with E-state index in [-0.39, 0.29) is 4.90 Å². The summed E-state index contributed by atoms with van der Waals surface area (Å²) in [5, 5.41) is 0. The Hall–Kier alpha value is -3.47. The van der Waals surface area contributed by atoms with Gasteiger partial charge in [0.1, 0.15) is 0 Å². The van der Waals surface area contributed by atoms with E-state index in [1.165, 1.54) is 0 Å². The molecular weight excluding hydrogens is 402 g/mol. The molecule has 0 spiro atoms. The molecule has 154 valence electrons. The van der Waals surface area contributed by atoms with Gasteiger partial charge in [0.05, 0.1) is 10.9 Å². The maximum absolute atomic E-state index is 13.3. The van der Waals surface area contributed by atoms with Crippen molar-refractivity contribution in [2.75, 3.05) is 0 Å². The third kappa shape index (κ3) is 5.18. The van der Waals surface area contributed by atoms with Crippen molar-refractivity contribution < 1.29 is 8.42 Å². The highest BCUT2D eigenvalue weighted by Gasteiger charge is 2.25. The lowest BCUT2D eigenvalue weighted by atomic mass is 9.92. The van der Waals surface area contributed by atoms with Gasteiger partial charge in [0.15, 0.2) is 0 Å². The third-order valence-electron chi connectivity index (χ3n) is 5.00. The van der Waals surface area contributed by atoms with E-state index in [9.17, 15) is 8.42 Å². The molecule has 31 heavy (non-hydrogen) atoms. The summed E-state index contributed by atoms with van der Waals surface area (Å²) < 4.78 is 29.5. The average molecular weight is 426 g/mol. The molecule has 0 saturated carbocycles. The zero-order valence-electron chi connectivity index (χ0n) is 16.9. The van der Waals surface area contributed by atoms with Crippen LogP contribution in [0, 0.1) is 0 Å². The van der Waals surface area contributed by atoms with Crippen molar-refractivity contribution in [3.63, 3.8) is 0 Å². The highest BCUT2D eigenvalue weighted by molar-refractivity contribution is 7.89. The largest absolute Gasteiger partial charge is 0.241 e. The Labute approximate surface area is 183 Å². The molecule has 1 unspecified atom stereocenters. The van der Waals surface area contributed by atoms with Crippen LogP contribution >= 0.6 is 0 Å². The molecule has 0 aliphatic heterocycles. The maximum atomic E-state index is 13.3. The lowest BCUT2D eigenvalue weighted by Gasteiger charge is -2.23. The van der Waals surface area contributed by atoms with E-state index in [1.807, 2.05) is 97.1 Å². The fraction of sp³-hybridized carbons (Fsp3) is 0.0370. The summed E-state index contributed by atoms with van der Waals surface area (Å²) in [5.74, 6) is 0. The van der Waals surface area contributed by atoms with Crippen LogP contribution in [-0.4, -0.2) is 8.42 Å². The van der Waals surface area contributed by atoms with Crippen molar-refractivity contribution in [2.24, 2.45) is 0 Å². The van der Waals surface area contributed by atoms with Crippen molar-refractivity contribution in [3.8, 4) is 0 Å². The smallest absolute Gasteiger partial charge is 0.207 e. The van der Waals surface area contributed by atoms with Crippen LogP contribution in [0.5, 0.6) is 0 Å². The van der Waals surface area contributed by atoms with Crippen LogP contribution in [0.2, 0.25) is 0 Å². The summed E-state index contributed by atoms with van der Waals surface area (Å²) in [7, 11) is -3.74. The molecule has 1 atom stereocenters. The van der Waals surface area contributed by atoms with E-state index in [0.29, 0.717) is 0 Å². The molecule has 4 rings (SSSR count). The second-order valence-corrected chi connectivity index (χ2v) is 8.87. The predicted molar refractivity (Wildman–Crippen MR) is 127 cm³/mol. The van der Waals surface area contributed by atoms with Crippen molar-refractivity contribution in [2.45, 2.75) is 10.9 Å². The van der Waals surface area contributed by atoms with Crippen molar-refractivity contribution in [1.82, 2.24) is 4.72 Å². The molecule has 4 aromatic carbocycles. The van der Waals surface area contributed by atoms with Crippen molar-refractivity contribution in [3.05, 3.63) is 138 Å². The topological polar surface area (TPSA) is 46.2 Å². The Morgan fingerprint density at radius 3 is 1.71 bits per heavy atom. The molecule has 0 saturated heterocycles. The molecule has 1 N–H and O–H groups in total. The number of rotatable bonds is 7. The van der Waals surface area contributed by atoms with Gasteiger partial charge in [-0.2, -0.15) is 4.72 Å². The molecule has 3 nitrogen and oxygen atoms in total. The van der Waals surface area contributed by atoms with Crippen molar-refractivity contribution >= 4 is 21.7 Å². The number of hydrogen-bond acceptors (Lipinski definition) is 2. The Morgan fingerprint density at radius 2 is 1.13 bits per heavy atom. The minimum Gasteiger partial charge on any atom is -0.207 e. The Balaban J connectivity index is 1.86. The van der Waals surface area contributed by atoms with E-state index in [1.54, 1.807) is 30.3 Å². The van der Waals surface area contributed by atoms with Crippen LogP contribution in [0.4, 0.5) is 0 Å². The fourth-order valence-corrected chi connectivity index (χ4v) is 4.70. The van der Waals surface area contributed by atoms with E-state index >= 15 is 0 Å². The Kier molecular flexibility index (Phi) is 6.41. The first-order chi connectivity index (χ1) is 15.1. The van der Waals surface area contributed by atoms with Crippen LogP contribution in [0.1, 0.15) is 22.7 Å². The lowest BCUT2D eigenvalue weighted by molar-refractivity contribution is 0.576. The first-order valence-corrected chi connectivity index (χ1v) is 11.6.